The number of halogens is 1. The smallest absolute Gasteiger partial charge is 0.313 e. The lowest BCUT2D eigenvalue weighted by Gasteiger charge is -2.10. The van der Waals surface area contributed by atoms with E-state index >= 15 is 0 Å². The first-order valence-electron chi connectivity index (χ1n) is 6.47. The largest absolute Gasteiger partial charge is 0.481 e. The Kier molecular flexibility index (Phi) is 6.03. The molecule has 0 unspecified atom stereocenters. The van der Waals surface area contributed by atoms with Gasteiger partial charge in [0.1, 0.15) is 0 Å². The molecule has 2 nitrogen and oxygen atoms in total. The molecule has 2 aromatic rings. The van der Waals surface area contributed by atoms with E-state index in [4.69, 9.17) is 16.7 Å². The zero-order valence-corrected chi connectivity index (χ0v) is 13.9. The van der Waals surface area contributed by atoms with Crippen LogP contribution in [-0.2, 0) is 4.79 Å². The number of aliphatic carboxylic acids is 1. The molecule has 0 aromatic heterocycles. The standard InChI is InChI=1S/C16H15ClO2S2/c1-2-20-13-6-3-11(4-7-13)14-9-12(17)5-8-15(14)21-10-16(18)19/h3-9H,2,10H2,1H3,(H,18,19). The Morgan fingerprint density at radius 3 is 2.48 bits per heavy atom. The normalized spacial score (nSPS) is 10.6. The van der Waals surface area contributed by atoms with Gasteiger partial charge in [0, 0.05) is 14.8 Å². The first-order chi connectivity index (χ1) is 10.1. The van der Waals surface area contributed by atoms with Crippen LogP contribution >= 0.6 is 35.1 Å². The van der Waals surface area contributed by atoms with Crippen LogP contribution in [0.2, 0.25) is 5.02 Å². The molecule has 0 aliphatic rings. The van der Waals surface area contributed by atoms with Crippen LogP contribution in [0.15, 0.2) is 52.3 Å². The number of carbonyl (C=O) groups is 1. The molecular formula is C16H15ClO2S2. The molecule has 5 heteroatoms. The molecule has 0 saturated heterocycles. The van der Waals surface area contributed by atoms with Crippen molar-refractivity contribution < 1.29 is 9.90 Å². The number of carboxylic acid groups (broad SMARTS) is 1. The second-order valence-electron chi connectivity index (χ2n) is 4.28. The number of benzene rings is 2. The van der Waals surface area contributed by atoms with Gasteiger partial charge in [0.2, 0.25) is 0 Å². The van der Waals surface area contributed by atoms with Crippen LogP contribution < -0.4 is 0 Å². The van der Waals surface area contributed by atoms with E-state index in [2.05, 4.69) is 31.2 Å². The summed E-state index contributed by atoms with van der Waals surface area (Å²) in [7, 11) is 0. The number of hydrogen-bond donors (Lipinski definition) is 1. The molecule has 0 heterocycles. The maximum Gasteiger partial charge on any atom is 0.313 e. The van der Waals surface area contributed by atoms with Crippen molar-refractivity contribution in [3.63, 3.8) is 0 Å². The van der Waals surface area contributed by atoms with E-state index in [0.717, 1.165) is 21.8 Å². The van der Waals surface area contributed by atoms with Crippen molar-refractivity contribution in [2.45, 2.75) is 16.7 Å². The second kappa shape index (κ2) is 7.78. The summed E-state index contributed by atoms with van der Waals surface area (Å²) < 4.78 is 0. The van der Waals surface area contributed by atoms with E-state index < -0.39 is 5.97 Å². The molecule has 0 radical (unpaired) electrons. The van der Waals surface area contributed by atoms with Crippen molar-refractivity contribution in [3.05, 3.63) is 47.5 Å². The van der Waals surface area contributed by atoms with Crippen LogP contribution in [-0.4, -0.2) is 22.6 Å². The van der Waals surface area contributed by atoms with Crippen LogP contribution in [0.1, 0.15) is 6.92 Å². The van der Waals surface area contributed by atoms with Gasteiger partial charge in [-0.1, -0.05) is 30.7 Å². The average molecular weight is 339 g/mol. The van der Waals surface area contributed by atoms with E-state index in [9.17, 15) is 4.79 Å². The third-order valence-electron chi connectivity index (χ3n) is 2.77. The molecule has 0 bridgehead atoms. The molecule has 21 heavy (non-hydrogen) atoms. The van der Waals surface area contributed by atoms with E-state index in [0.29, 0.717) is 5.02 Å². The van der Waals surface area contributed by atoms with Crippen molar-refractivity contribution in [2.24, 2.45) is 0 Å². The fraction of sp³-hybridized carbons (Fsp3) is 0.188. The van der Waals surface area contributed by atoms with Crippen LogP contribution in [0.4, 0.5) is 0 Å². The summed E-state index contributed by atoms with van der Waals surface area (Å²) in [6.07, 6.45) is 0. The van der Waals surface area contributed by atoms with Gasteiger partial charge in [0.25, 0.3) is 0 Å². The molecule has 2 aromatic carbocycles. The predicted molar refractivity (Wildman–Crippen MR) is 91.6 cm³/mol. The minimum atomic E-state index is -0.824. The summed E-state index contributed by atoms with van der Waals surface area (Å²) in [4.78, 5) is 12.9. The third-order valence-corrected chi connectivity index (χ3v) is 4.96. The van der Waals surface area contributed by atoms with Gasteiger partial charge < -0.3 is 5.11 Å². The summed E-state index contributed by atoms with van der Waals surface area (Å²) in [6.45, 7) is 2.12. The first-order valence-corrected chi connectivity index (χ1v) is 8.82. The van der Waals surface area contributed by atoms with Gasteiger partial charge in [-0.25, -0.2) is 0 Å². The first kappa shape index (κ1) is 16.3. The molecule has 110 valence electrons. The predicted octanol–water partition coefficient (Wildman–Crippen LogP) is 5.30. The Labute approximate surface area is 137 Å². The Bertz CT molecular complexity index is 627. The van der Waals surface area contributed by atoms with Crippen LogP contribution in [0.25, 0.3) is 11.1 Å². The summed E-state index contributed by atoms with van der Waals surface area (Å²) in [5, 5.41) is 9.49. The van der Waals surface area contributed by atoms with E-state index in [1.165, 1.54) is 16.7 Å². The number of rotatable bonds is 6. The molecule has 0 atom stereocenters. The van der Waals surface area contributed by atoms with Gasteiger partial charge in [-0.15, -0.1) is 23.5 Å². The van der Waals surface area contributed by atoms with Gasteiger partial charge in [-0.3, -0.25) is 4.79 Å². The fourth-order valence-electron chi connectivity index (χ4n) is 1.89. The SMILES string of the molecule is CCSc1ccc(-c2cc(Cl)ccc2SCC(=O)O)cc1. The van der Waals surface area contributed by atoms with Gasteiger partial charge >= 0.3 is 5.97 Å². The molecule has 0 amide bonds. The molecule has 0 fully saturated rings. The van der Waals surface area contributed by atoms with Crippen LogP contribution in [0.5, 0.6) is 0 Å². The molecule has 2 rings (SSSR count). The van der Waals surface area contributed by atoms with Crippen molar-refractivity contribution in [2.75, 3.05) is 11.5 Å². The molecule has 0 spiro atoms. The van der Waals surface area contributed by atoms with Gasteiger partial charge in [-0.2, -0.15) is 0 Å². The quantitative estimate of drug-likeness (QED) is 0.725. The van der Waals surface area contributed by atoms with Gasteiger partial charge in [-0.05, 0) is 47.2 Å². The minimum absolute atomic E-state index is 0.0401. The van der Waals surface area contributed by atoms with E-state index in [-0.39, 0.29) is 5.75 Å². The van der Waals surface area contributed by atoms with Gasteiger partial charge in [0.15, 0.2) is 0 Å². The third kappa shape index (κ3) is 4.70. The Balaban J connectivity index is 2.32. The van der Waals surface area contributed by atoms with Crippen molar-refractivity contribution in [1.82, 2.24) is 0 Å². The van der Waals surface area contributed by atoms with Crippen LogP contribution in [0.3, 0.4) is 0 Å². The molecule has 1 N–H and O–H groups in total. The monoisotopic (exact) mass is 338 g/mol. The van der Waals surface area contributed by atoms with Crippen LogP contribution in [0, 0.1) is 0 Å². The fourth-order valence-corrected chi connectivity index (χ4v) is 3.50. The summed E-state index contributed by atoms with van der Waals surface area (Å²) in [6, 6.07) is 13.8. The average Bonchev–Trinajstić information content (AvgIpc) is 2.47. The maximum atomic E-state index is 10.8. The number of thioether (sulfide) groups is 2. The highest BCUT2D eigenvalue weighted by molar-refractivity contribution is 8.00. The van der Waals surface area contributed by atoms with E-state index in [1.807, 2.05) is 12.1 Å². The molecule has 0 saturated carbocycles. The van der Waals surface area contributed by atoms with Crippen molar-refractivity contribution in [3.8, 4) is 11.1 Å². The second-order valence-corrected chi connectivity index (χ2v) is 7.07. The lowest BCUT2D eigenvalue weighted by atomic mass is 10.1. The summed E-state index contributed by atoms with van der Waals surface area (Å²) in [5.41, 5.74) is 2.02. The molecule has 0 aliphatic heterocycles. The summed E-state index contributed by atoms with van der Waals surface area (Å²) >= 11 is 9.18. The highest BCUT2D eigenvalue weighted by atomic mass is 35.5. The van der Waals surface area contributed by atoms with Crippen molar-refractivity contribution in [1.29, 1.82) is 0 Å². The maximum absolute atomic E-state index is 10.8. The van der Waals surface area contributed by atoms with E-state index in [1.54, 1.807) is 17.8 Å². The molecule has 0 aliphatic carbocycles. The number of carboxylic acids is 1. The van der Waals surface area contributed by atoms with Gasteiger partial charge in [0.05, 0.1) is 5.75 Å². The Morgan fingerprint density at radius 2 is 1.86 bits per heavy atom. The lowest BCUT2D eigenvalue weighted by Crippen LogP contribution is -1.98. The Hall–Kier alpha value is -1.10. The topological polar surface area (TPSA) is 37.3 Å². The zero-order valence-electron chi connectivity index (χ0n) is 11.5. The highest BCUT2D eigenvalue weighted by Crippen LogP contribution is 2.34. The molecular weight excluding hydrogens is 324 g/mol. The number of hydrogen-bond acceptors (Lipinski definition) is 3. The Morgan fingerprint density at radius 1 is 1.14 bits per heavy atom. The lowest BCUT2D eigenvalue weighted by molar-refractivity contribution is -0.133. The van der Waals surface area contributed by atoms with Crippen molar-refractivity contribution >= 4 is 41.1 Å². The minimum Gasteiger partial charge on any atom is -0.481 e. The zero-order chi connectivity index (χ0) is 15.2. The highest BCUT2D eigenvalue weighted by Gasteiger charge is 2.09. The summed E-state index contributed by atoms with van der Waals surface area (Å²) in [5.74, 6) is 0.254.